The number of nitrogens with one attached hydrogen (secondary N) is 1. The Kier molecular flexibility index (Phi) is 4.71. The van der Waals surface area contributed by atoms with E-state index in [2.05, 4.69) is 43.9 Å². The van der Waals surface area contributed by atoms with E-state index in [1.807, 2.05) is 24.3 Å². The van der Waals surface area contributed by atoms with E-state index in [9.17, 15) is 4.39 Å². The van der Waals surface area contributed by atoms with Gasteiger partial charge in [0.1, 0.15) is 5.82 Å². The summed E-state index contributed by atoms with van der Waals surface area (Å²) in [5.74, 6) is 5.28. The highest BCUT2D eigenvalue weighted by atomic mass is 127. The molecular weight excluding hydrogens is 410 g/mol. The van der Waals surface area contributed by atoms with Gasteiger partial charge in [0.15, 0.2) is 0 Å². The number of hydrogen-bond donors (Lipinski definition) is 2. The molecule has 2 rings (SSSR count). The van der Waals surface area contributed by atoms with Crippen LogP contribution in [0.5, 0.6) is 0 Å². The van der Waals surface area contributed by atoms with Gasteiger partial charge in [-0.25, -0.2) is 9.82 Å². The van der Waals surface area contributed by atoms with Gasteiger partial charge in [0.2, 0.25) is 0 Å². The van der Waals surface area contributed by atoms with E-state index in [0.717, 1.165) is 13.6 Å². The normalized spacial score (nSPS) is 12.4. The molecule has 0 fully saturated rings. The van der Waals surface area contributed by atoms with Crippen molar-refractivity contribution in [1.29, 1.82) is 0 Å². The molecule has 0 aliphatic rings. The Morgan fingerprint density at radius 1 is 1.17 bits per heavy atom. The van der Waals surface area contributed by atoms with E-state index in [-0.39, 0.29) is 11.9 Å². The van der Waals surface area contributed by atoms with Gasteiger partial charge in [0, 0.05) is 13.6 Å². The first-order valence-electron chi connectivity index (χ1n) is 5.28. The van der Waals surface area contributed by atoms with Crippen molar-refractivity contribution in [2.75, 3.05) is 0 Å². The van der Waals surface area contributed by atoms with Gasteiger partial charge >= 0.3 is 0 Å². The summed E-state index contributed by atoms with van der Waals surface area (Å²) in [4.78, 5) is 0. The van der Waals surface area contributed by atoms with Gasteiger partial charge in [-0.05, 0) is 58.5 Å². The summed E-state index contributed by atoms with van der Waals surface area (Å²) in [7, 11) is 0. The SMILES string of the molecule is NNC(c1ccc(I)cc1)c1cc(Br)ccc1F. The summed E-state index contributed by atoms with van der Waals surface area (Å²) in [6, 6.07) is 12.3. The van der Waals surface area contributed by atoms with Crippen molar-refractivity contribution < 1.29 is 4.39 Å². The molecule has 0 spiro atoms. The molecule has 2 nitrogen and oxygen atoms in total. The van der Waals surface area contributed by atoms with Crippen LogP contribution in [0.25, 0.3) is 0 Å². The highest BCUT2D eigenvalue weighted by molar-refractivity contribution is 14.1. The van der Waals surface area contributed by atoms with Crippen molar-refractivity contribution in [2.45, 2.75) is 6.04 Å². The molecule has 0 amide bonds. The molecule has 0 radical (unpaired) electrons. The lowest BCUT2D eigenvalue weighted by Crippen LogP contribution is -2.29. The third-order valence-electron chi connectivity index (χ3n) is 2.64. The fourth-order valence-corrected chi connectivity index (χ4v) is 2.49. The summed E-state index contributed by atoms with van der Waals surface area (Å²) in [6.45, 7) is 0. The number of hydrazine groups is 1. The first-order chi connectivity index (χ1) is 8.61. The van der Waals surface area contributed by atoms with Crippen molar-refractivity contribution >= 4 is 38.5 Å². The summed E-state index contributed by atoms with van der Waals surface area (Å²) >= 11 is 5.57. The molecule has 5 heteroatoms. The lowest BCUT2D eigenvalue weighted by Gasteiger charge is -2.18. The van der Waals surface area contributed by atoms with Gasteiger partial charge in [-0.1, -0.05) is 28.1 Å². The monoisotopic (exact) mass is 420 g/mol. The van der Waals surface area contributed by atoms with Crippen LogP contribution in [0.4, 0.5) is 4.39 Å². The van der Waals surface area contributed by atoms with Crippen LogP contribution in [-0.4, -0.2) is 0 Å². The van der Waals surface area contributed by atoms with Crippen LogP contribution >= 0.6 is 38.5 Å². The number of benzene rings is 2. The minimum Gasteiger partial charge on any atom is -0.271 e. The van der Waals surface area contributed by atoms with Crippen molar-refractivity contribution in [2.24, 2.45) is 5.84 Å². The van der Waals surface area contributed by atoms with E-state index >= 15 is 0 Å². The number of hydrogen-bond acceptors (Lipinski definition) is 2. The van der Waals surface area contributed by atoms with E-state index in [1.54, 1.807) is 12.1 Å². The molecule has 0 aromatic heterocycles. The highest BCUT2D eigenvalue weighted by Crippen LogP contribution is 2.26. The van der Waals surface area contributed by atoms with Crippen molar-refractivity contribution in [3.05, 3.63) is 67.5 Å². The molecule has 1 atom stereocenters. The average Bonchev–Trinajstić information content (AvgIpc) is 2.37. The van der Waals surface area contributed by atoms with Gasteiger partial charge < -0.3 is 0 Å². The maximum absolute atomic E-state index is 13.9. The largest absolute Gasteiger partial charge is 0.271 e. The Labute approximate surface area is 127 Å². The van der Waals surface area contributed by atoms with E-state index in [1.165, 1.54) is 6.07 Å². The molecule has 94 valence electrons. The Balaban J connectivity index is 2.44. The van der Waals surface area contributed by atoms with E-state index < -0.39 is 0 Å². The second-order valence-electron chi connectivity index (χ2n) is 3.82. The number of halogens is 3. The second-order valence-corrected chi connectivity index (χ2v) is 5.98. The van der Waals surface area contributed by atoms with Crippen LogP contribution in [0.15, 0.2) is 46.9 Å². The van der Waals surface area contributed by atoms with Gasteiger partial charge in [-0.2, -0.15) is 0 Å². The Morgan fingerprint density at radius 3 is 2.44 bits per heavy atom. The van der Waals surface area contributed by atoms with Crippen LogP contribution in [0, 0.1) is 9.39 Å². The molecule has 0 saturated heterocycles. The average molecular weight is 421 g/mol. The maximum atomic E-state index is 13.9. The lowest BCUT2D eigenvalue weighted by atomic mass is 9.99. The van der Waals surface area contributed by atoms with E-state index in [0.29, 0.717) is 5.56 Å². The molecule has 0 saturated carbocycles. The first kappa shape index (κ1) is 13.9. The number of rotatable bonds is 3. The topological polar surface area (TPSA) is 38.0 Å². The van der Waals surface area contributed by atoms with Crippen LogP contribution in [0.1, 0.15) is 17.2 Å². The first-order valence-corrected chi connectivity index (χ1v) is 7.15. The van der Waals surface area contributed by atoms with Crippen LogP contribution in [0.2, 0.25) is 0 Å². The standard InChI is InChI=1S/C13H11BrFIN2/c14-9-3-6-12(15)11(7-9)13(18-17)8-1-4-10(16)5-2-8/h1-7,13,18H,17H2. The zero-order chi connectivity index (χ0) is 13.1. The van der Waals surface area contributed by atoms with Gasteiger partial charge in [0.05, 0.1) is 6.04 Å². The molecule has 0 bridgehead atoms. The fourth-order valence-electron chi connectivity index (χ4n) is 1.76. The molecule has 2 aromatic rings. The zero-order valence-corrected chi connectivity index (χ0v) is 13.1. The molecule has 18 heavy (non-hydrogen) atoms. The molecule has 1 unspecified atom stereocenters. The van der Waals surface area contributed by atoms with Crippen LogP contribution in [-0.2, 0) is 0 Å². The van der Waals surface area contributed by atoms with Crippen LogP contribution < -0.4 is 11.3 Å². The zero-order valence-electron chi connectivity index (χ0n) is 9.33. The quantitative estimate of drug-likeness (QED) is 0.451. The minimum absolute atomic E-state index is 0.278. The summed E-state index contributed by atoms with van der Waals surface area (Å²) in [5.41, 5.74) is 4.11. The summed E-state index contributed by atoms with van der Waals surface area (Å²) in [6.07, 6.45) is 0. The van der Waals surface area contributed by atoms with Crippen molar-refractivity contribution in [3.63, 3.8) is 0 Å². The molecule has 3 N–H and O–H groups in total. The van der Waals surface area contributed by atoms with Gasteiger partial charge in [-0.3, -0.25) is 5.84 Å². The fraction of sp³-hybridized carbons (Fsp3) is 0.0769. The smallest absolute Gasteiger partial charge is 0.128 e. The summed E-state index contributed by atoms with van der Waals surface area (Å²) in [5, 5.41) is 0. The maximum Gasteiger partial charge on any atom is 0.128 e. The summed E-state index contributed by atoms with van der Waals surface area (Å²) < 4.78 is 15.8. The predicted molar refractivity (Wildman–Crippen MR) is 82.4 cm³/mol. The molecule has 0 aliphatic carbocycles. The molecule has 2 aromatic carbocycles. The Morgan fingerprint density at radius 2 is 1.83 bits per heavy atom. The Bertz CT molecular complexity index is 545. The van der Waals surface area contributed by atoms with Gasteiger partial charge in [0.25, 0.3) is 0 Å². The molecular formula is C13H11BrFIN2. The second kappa shape index (κ2) is 6.10. The van der Waals surface area contributed by atoms with Crippen molar-refractivity contribution in [1.82, 2.24) is 5.43 Å². The van der Waals surface area contributed by atoms with Crippen molar-refractivity contribution in [3.8, 4) is 0 Å². The molecule has 0 aliphatic heterocycles. The minimum atomic E-state index is -0.362. The highest BCUT2D eigenvalue weighted by Gasteiger charge is 2.16. The lowest BCUT2D eigenvalue weighted by molar-refractivity contribution is 0.559. The third-order valence-corrected chi connectivity index (χ3v) is 3.85. The van der Waals surface area contributed by atoms with Crippen LogP contribution in [0.3, 0.4) is 0 Å². The predicted octanol–water partition coefficient (Wildman–Crippen LogP) is 3.75. The molecule has 0 heterocycles. The Hall–Kier alpha value is -0.500. The number of nitrogens with two attached hydrogens (primary N) is 1. The van der Waals surface area contributed by atoms with E-state index in [4.69, 9.17) is 5.84 Å². The van der Waals surface area contributed by atoms with Gasteiger partial charge in [-0.15, -0.1) is 0 Å². The third kappa shape index (κ3) is 3.09.